The lowest BCUT2D eigenvalue weighted by Crippen LogP contribution is -2.43. The number of nitrogens with two attached hydrogens (primary N) is 1. The van der Waals surface area contributed by atoms with Gasteiger partial charge in [0.1, 0.15) is 13.2 Å². The molecule has 2 aliphatic rings. The SMILES string of the molecule is NC(=O)NC(=O)C1CCC(NC(=O)c2cccc3c2OCCO3)CC1. The highest BCUT2D eigenvalue weighted by Gasteiger charge is 2.29. The number of primary amides is 1. The minimum atomic E-state index is -0.837. The molecular formula is C17H21N3O5. The zero-order chi connectivity index (χ0) is 17.8. The van der Waals surface area contributed by atoms with Crippen molar-refractivity contribution in [3.05, 3.63) is 23.8 Å². The summed E-state index contributed by atoms with van der Waals surface area (Å²) in [6, 6.07) is 4.37. The van der Waals surface area contributed by atoms with Crippen molar-refractivity contribution in [1.82, 2.24) is 10.6 Å². The van der Waals surface area contributed by atoms with Gasteiger partial charge < -0.3 is 20.5 Å². The maximum absolute atomic E-state index is 12.6. The van der Waals surface area contributed by atoms with Crippen molar-refractivity contribution in [2.24, 2.45) is 11.7 Å². The number of ether oxygens (including phenoxy) is 2. The Morgan fingerprint density at radius 3 is 2.48 bits per heavy atom. The average molecular weight is 347 g/mol. The Morgan fingerprint density at radius 2 is 1.76 bits per heavy atom. The Balaban J connectivity index is 1.57. The van der Waals surface area contributed by atoms with E-state index >= 15 is 0 Å². The molecule has 0 bridgehead atoms. The first-order chi connectivity index (χ1) is 12.0. The lowest BCUT2D eigenvalue weighted by molar-refractivity contribution is -0.124. The number of hydrogen-bond acceptors (Lipinski definition) is 5. The predicted molar refractivity (Wildman–Crippen MR) is 88.4 cm³/mol. The summed E-state index contributed by atoms with van der Waals surface area (Å²) in [6.07, 6.45) is 2.51. The summed E-state index contributed by atoms with van der Waals surface area (Å²) in [5.74, 6) is 0.237. The number of amides is 4. The Kier molecular flexibility index (Phi) is 5.06. The number of fused-ring (bicyclic) bond motifs is 1. The Morgan fingerprint density at radius 1 is 1.04 bits per heavy atom. The fourth-order valence-corrected chi connectivity index (χ4v) is 3.24. The van der Waals surface area contributed by atoms with Crippen molar-refractivity contribution >= 4 is 17.8 Å². The molecule has 4 amide bonds. The smallest absolute Gasteiger partial charge is 0.318 e. The van der Waals surface area contributed by atoms with Crippen LogP contribution in [0.25, 0.3) is 0 Å². The van der Waals surface area contributed by atoms with Crippen molar-refractivity contribution in [3.63, 3.8) is 0 Å². The molecule has 0 spiro atoms. The van der Waals surface area contributed by atoms with E-state index in [1.54, 1.807) is 18.2 Å². The Hall–Kier alpha value is -2.77. The van der Waals surface area contributed by atoms with E-state index in [-0.39, 0.29) is 23.8 Å². The lowest BCUT2D eigenvalue weighted by atomic mass is 9.85. The molecule has 1 aliphatic carbocycles. The van der Waals surface area contributed by atoms with Gasteiger partial charge in [-0.1, -0.05) is 6.07 Å². The van der Waals surface area contributed by atoms with Crippen LogP contribution in [0, 0.1) is 5.92 Å². The van der Waals surface area contributed by atoms with Crippen LogP contribution < -0.4 is 25.8 Å². The number of hydrogen-bond donors (Lipinski definition) is 3. The van der Waals surface area contributed by atoms with Crippen molar-refractivity contribution in [2.45, 2.75) is 31.7 Å². The van der Waals surface area contributed by atoms with Gasteiger partial charge >= 0.3 is 6.03 Å². The number of urea groups is 1. The molecule has 4 N–H and O–H groups in total. The second-order valence-corrected chi connectivity index (χ2v) is 6.21. The summed E-state index contributed by atoms with van der Waals surface area (Å²) >= 11 is 0. The van der Waals surface area contributed by atoms with Gasteiger partial charge in [0.25, 0.3) is 5.91 Å². The van der Waals surface area contributed by atoms with Crippen LogP contribution in [0.4, 0.5) is 4.79 Å². The van der Waals surface area contributed by atoms with Crippen LogP contribution in [-0.2, 0) is 4.79 Å². The molecule has 1 aromatic rings. The van der Waals surface area contributed by atoms with Gasteiger partial charge in [-0.25, -0.2) is 4.79 Å². The standard InChI is InChI=1S/C17H21N3O5/c18-17(23)20-15(21)10-4-6-11(7-5-10)19-16(22)12-2-1-3-13-14(12)25-9-8-24-13/h1-3,10-11H,4-9H2,(H,19,22)(H3,18,20,21,23). The zero-order valence-electron chi connectivity index (χ0n) is 13.7. The van der Waals surface area contributed by atoms with Crippen LogP contribution in [0.2, 0.25) is 0 Å². The monoisotopic (exact) mass is 347 g/mol. The number of imide groups is 1. The van der Waals surface area contributed by atoms with Crippen molar-refractivity contribution in [1.29, 1.82) is 0 Å². The first kappa shape index (κ1) is 17.1. The molecular weight excluding hydrogens is 326 g/mol. The van der Waals surface area contributed by atoms with E-state index in [2.05, 4.69) is 10.6 Å². The van der Waals surface area contributed by atoms with Gasteiger partial charge in [-0.2, -0.15) is 0 Å². The number of carbonyl (C=O) groups excluding carboxylic acids is 3. The fourth-order valence-electron chi connectivity index (χ4n) is 3.24. The molecule has 1 heterocycles. The van der Waals surface area contributed by atoms with E-state index in [1.807, 2.05) is 0 Å². The molecule has 3 rings (SSSR count). The molecule has 0 atom stereocenters. The highest BCUT2D eigenvalue weighted by molar-refractivity contribution is 5.98. The number of benzene rings is 1. The van der Waals surface area contributed by atoms with Crippen LogP contribution in [-0.4, -0.2) is 37.1 Å². The average Bonchev–Trinajstić information content (AvgIpc) is 2.61. The normalized spacial score (nSPS) is 21.9. The summed E-state index contributed by atoms with van der Waals surface area (Å²) in [5, 5.41) is 5.10. The molecule has 1 saturated carbocycles. The Bertz CT molecular complexity index is 683. The minimum Gasteiger partial charge on any atom is -0.486 e. The van der Waals surface area contributed by atoms with E-state index in [1.165, 1.54) is 0 Å². The second-order valence-electron chi connectivity index (χ2n) is 6.21. The van der Waals surface area contributed by atoms with Gasteiger partial charge in [0, 0.05) is 12.0 Å². The molecule has 0 unspecified atom stereocenters. The molecule has 1 aromatic carbocycles. The number of rotatable bonds is 3. The number of para-hydroxylation sites is 1. The van der Waals surface area contributed by atoms with Crippen molar-refractivity contribution in [2.75, 3.05) is 13.2 Å². The summed E-state index contributed by atoms with van der Waals surface area (Å²) in [4.78, 5) is 35.1. The third kappa shape index (κ3) is 4.01. The molecule has 1 fully saturated rings. The van der Waals surface area contributed by atoms with E-state index in [9.17, 15) is 14.4 Å². The van der Waals surface area contributed by atoms with Crippen LogP contribution >= 0.6 is 0 Å². The highest BCUT2D eigenvalue weighted by Crippen LogP contribution is 2.34. The van der Waals surface area contributed by atoms with Crippen molar-refractivity contribution in [3.8, 4) is 11.5 Å². The van der Waals surface area contributed by atoms with Gasteiger partial charge in [0.05, 0.1) is 5.56 Å². The lowest BCUT2D eigenvalue weighted by Gasteiger charge is -2.28. The molecule has 134 valence electrons. The van der Waals surface area contributed by atoms with Crippen LogP contribution in [0.3, 0.4) is 0 Å². The highest BCUT2D eigenvalue weighted by atomic mass is 16.6. The maximum Gasteiger partial charge on any atom is 0.318 e. The van der Waals surface area contributed by atoms with Crippen LogP contribution in [0.5, 0.6) is 11.5 Å². The number of carbonyl (C=O) groups is 3. The minimum absolute atomic E-state index is 0.0227. The van der Waals surface area contributed by atoms with E-state index in [0.717, 1.165) is 0 Å². The molecule has 25 heavy (non-hydrogen) atoms. The molecule has 8 heteroatoms. The van der Waals surface area contributed by atoms with Gasteiger partial charge in [0.15, 0.2) is 11.5 Å². The first-order valence-electron chi connectivity index (χ1n) is 8.34. The number of nitrogens with one attached hydrogen (secondary N) is 2. The van der Waals surface area contributed by atoms with Gasteiger partial charge in [-0.3, -0.25) is 14.9 Å². The molecule has 1 aliphatic heterocycles. The fraction of sp³-hybridized carbons (Fsp3) is 0.471. The topological polar surface area (TPSA) is 120 Å². The maximum atomic E-state index is 12.6. The van der Waals surface area contributed by atoms with E-state index in [4.69, 9.17) is 15.2 Å². The third-order valence-electron chi connectivity index (χ3n) is 4.49. The summed E-state index contributed by atoms with van der Waals surface area (Å²) < 4.78 is 11.1. The van der Waals surface area contributed by atoms with Crippen LogP contribution in [0.1, 0.15) is 36.0 Å². The molecule has 8 nitrogen and oxygen atoms in total. The molecule has 0 saturated heterocycles. The molecule has 0 radical (unpaired) electrons. The Labute approximate surface area is 145 Å². The van der Waals surface area contributed by atoms with E-state index < -0.39 is 6.03 Å². The first-order valence-corrected chi connectivity index (χ1v) is 8.34. The largest absolute Gasteiger partial charge is 0.486 e. The summed E-state index contributed by atoms with van der Waals surface area (Å²) in [5.41, 5.74) is 5.41. The van der Waals surface area contributed by atoms with Gasteiger partial charge in [-0.15, -0.1) is 0 Å². The van der Waals surface area contributed by atoms with E-state index in [0.29, 0.717) is 56.0 Å². The summed E-state index contributed by atoms with van der Waals surface area (Å²) in [7, 11) is 0. The van der Waals surface area contributed by atoms with Crippen LogP contribution in [0.15, 0.2) is 18.2 Å². The van der Waals surface area contributed by atoms with Gasteiger partial charge in [0.2, 0.25) is 5.91 Å². The van der Waals surface area contributed by atoms with Crippen molar-refractivity contribution < 1.29 is 23.9 Å². The quantitative estimate of drug-likeness (QED) is 0.752. The summed E-state index contributed by atoms with van der Waals surface area (Å²) in [6.45, 7) is 0.882. The second kappa shape index (κ2) is 7.42. The predicted octanol–water partition coefficient (Wildman–Crippen LogP) is 0.941. The molecule has 0 aromatic heterocycles. The zero-order valence-corrected chi connectivity index (χ0v) is 13.7. The van der Waals surface area contributed by atoms with Gasteiger partial charge in [-0.05, 0) is 37.8 Å². The third-order valence-corrected chi connectivity index (χ3v) is 4.49.